The molecule has 3 nitrogen and oxygen atoms in total. The highest BCUT2D eigenvalue weighted by atomic mass is 35.5. The molecule has 1 aliphatic heterocycles. The fraction of sp³-hybridized carbons (Fsp3) is 0.125. The third-order valence-electron chi connectivity index (χ3n) is 3.41. The van der Waals surface area contributed by atoms with Crippen LogP contribution in [-0.4, -0.2) is 17.1 Å². The molecule has 21 heavy (non-hydrogen) atoms. The summed E-state index contributed by atoms with van der Waals surface area (Å²) >= 11 is 5.93. The van der Waals surface area contributed by atoms with Gasteiger partial charge in [0.15, 0.2) is 0 Å². The lowest BCUT2D eigenvalue weighted by molar-refractivity contribution is -0.146. The largest absolute Gasteiger partial charge is 0.273 e. The van der Waals surface area contributed by atoms with Crippen LogP contribution in [0.1, 0.15) is 23.6 Å². The second-order valence-electron chi connectivity index (χ2n) is 4.75. The first-order valence-corrected chi connectivity index (χ1v) is 6.89. The number of benzene rings is 2. The van der Waals surface area contributed by atoms with Gasteiger partial charge in [-0.3, -0.25) is 4.79 Å². The summed E-state index contributed by atoms with van der Waals surface area (Å²) in [5.74, 6) is -0.553. The number of rotatable bonds is 3. The van der Waals surface area contributed by atoms with Crippen molar-refractivity contribution in [2.24, 2.45) is 5.10 Å². The van der Waals surface area contributed by atoms with Crippen LogP contribution in [0.15, 0.2) is 53.6 Å². The third kappa shape index (κ3) is 2.67. The summed E-state index contributed by atoms with van der Waals surface area (Å²) in [6, 6.07) is 13.9. The Labute approximate surface area is 126 Å². The van der Waals surface area contributed by atoms with Crippen LogP contribution in [0, 0.1) is 5.82 Å². The van der Waals surface area contributed by atoms with Crippen LogP contribution < -0.4 is 0 Å². The summed E-state index contributed by atoms with van der Waals surface area (Å²) in [7, 11) is 0. The van der Waals surface area contributed by atoms with Gasteiger partial charge in [-0.1, -0.05) is 48.0 Å². The second-order valence-corrected chi connectivity index (χ2v) is 5.16. The van der Waals surface area contributed by atoms with Gasteiger partial charge in [0.1, 0.15) is 5.82 Å². The Kier molecular flexibility index (Phi) is 3.71. The molecule has 0 spiro atoms. The van der Waals surface area contributed by atoms with Crippen molar-refractivity contribution in [1.82, 2.24) is 5.01 Å². The highest BCUT2D eigenvalue weighted by Crippen LogP contribution is 2.34. The molecule has 1 unspecified atom stereocenters. The maximum absolute atomic E-state index is 13.7. The number of carbonyl (C=O) groups is 1. The highest BCUT2D eigenvalue weighted by molar-refractivity contribution is 6.33. The number of hydrazone groups is 1. The summed E-state index contributed by atoms with van der Waals surface area (Å²) in [5.41, 5.74) is 1.19. The van der Waals surface area contributed by atoms with E-state index in [9.17, 15) is 9.18 Å². The molecule has 0 aromatic heterocycles. The first kappa shape index (κ1) is 13.8. The van der Waals surface area contributed by atoms with E-state index in [0.717, 1.165) is 5.56 Å². The van der Waals surface area contributed by atoms with E-state index in [1.807, 2.05) is 30.3 Å². The predicted octanol–water partition coefficient (Wildman–Crippen LogP) is 3.79. The molecule has 0 aliphatic carbocycles. The lowest BCUT2D eigenvalue weighted by Gasteiger charge is -2.36. The molecule has 1 fully saturated rings. The molecular weight excluding hydrogens is 291 g/mol. The number of nitrogens with zero attached hydrogens (tertiary/aromatic N) is 2. The fourth-order valence-corrected chi connectivity index (χ4v) is 2.45. The highest BCUT2D eigenvalue weighted by Gasteiger charge is 2.37. The minimum Gasteiger partial charge on any atom is -0.273 e. The topological polar surface area (TPSA) is 32.7 Å². The Morgan fingerprint density at radius 1 is 1.19 bits per heavy atom. The molecule has 1 aliphatic rings. The Morgan fingerprint density at radius 2 is 1.95 bits per heavy atom. The molecule has 1 atom stereocenters. The SMILES string of the molecule is O=C1CC(c2ccccc2)N1/N=C/c1c(F)cccc1Cl. The average molecular weight is 303 g/mol. The van der Waals surface area contributed by atoms with Gasteiger partial charge >= 0.3 is 0 Å². The smallest absolute Gasteiger partial charge is 0.245 e. The lowest BCUT2D eigenvalue weighted by Crippen LogP contribution is -2.42. The number of halogens is 2. The Bertz CT molecular complexity index is 682. The third-order valence-corrected chi connectivity index (χ3v) is 3.74. The van der Waals surface area contributed by atoms with Gasteiger partial charge in [-0.2, -0.15) is 5.10 Å². The summed E-state index contributed by atoms with van der Waals surface area (Å²) in [6.07, 6.45) is 1.71. The molecule has 2 aromatic carbocycles. The van der Waals surface area contributed by atoms with E-state index >= 15 is 0 Å². The van der Waals surface area contributed by atoms with Gasteiger partial charge in [0.25, 0.3) is 0 Å². The van der Waals surface area contributed by atoms with Crippen LogP contribution in [0.5, 0.6) is 0 Å². The van der Waals surface area contributed by atoms with E-state index < -0.39 is 5.82 Å². The van der Waals surface area contributed by atoms with Crippen LogP contribution >= 0.6 is 11.6 Å². The molecule has 0 N–H and O–H groups in total. The molecule has 106 valence electrons. The standard InChI is InChI=1S/C16H12ClFN2O/c17-13-7-4-8-14(18)12(13)10-19-20-15(9-16(20)21)11-5-2-1-3-6-11/h1-8,10,15H,9H2/b19-10+. The molecule has 3 rings (SSSR count). The van der Waals surface area contributed by atoms with Crippen molar-refractivity contribution in [3.63, 3.8) is 0 Å². The monoisotopic (exact) mass is 302 g/mol. The molecule has 0 saturated carbocycles. The zero-order valence-electron chi connectivity index (χ0n) is 11.0. The summed E-state index contributed by atoms with van der Waals surface area (Å²) in [5, 5.41) is 5.72. The molecule has 5 heteroatoms. The van der Waals surface area contributed by atoms with Crippen LogP contribution in [0.4, 0.5) is 4.39 Å². The minimum atomic E-state index is -0.463. The van der Waals surface area contributed by atoms with Crippen LogP contribution in [-0.2, 0) is 4.79 Å². The van der Waals surface area contributed by atoms with E-state index in [1.54, 1.807) is 6.07 Å². The summed E-state index contributed by atoms with van der Waals surface area (Å²) < 4.78 is 13.7. The molecule has 1 saturated heterocycles. The summed E-state index contributed by atoms with van der Waals surface area (Å²) in [4.78, 5) is 11.7. The number of hydrogen-bond acceptors (Lipinski definition) is 2. The lowest BCUT2D eigenvalue weighted by atomic mass is 9.96. The van der Waals surface area contributed by atoms with Crippen LogP contribution in [0.2, 0.25) is 5.02 Å². The molecular formula is C16H12ClFN2O. The van der Waals surface area contributed by atoms with Gasteiger partial charge in [0.2, 0.25) is 5.91 Å². The Hall–Kier alpha value is -2.20. The molecule has 0 bridgehead atoms. The zero-order valence-corrected chi connectivity index (χ0v) is 11.8. The van der Waals surface area contributed by atoms with E-state index in [4.69, 9.17) is 11.6 Å². The molecule has 2 aromatic rings. The van der Waals surface area contributed by atoms with Crippen molar-refractivity contribution < 1.29 is 9.18 Å². The van der Waals surface area contributed by atoms with E-state index in [0.29, 0.717) is 6.42 Å². The first-order chi connectivity index (χ1) is 10.2. The Morgan fingerprint density at radius 3 is 2.62 bits per heavy atom. The Balaban J connectivity index is 1.83. The van der Waals surface area contributed by atoms with Crippen LogP contribution in [0.25, 0.3) is 0 Å². The van der Waals surface area contributed by atoms with Gasteiger partial charge < -0.3 is 0 Å². The zero-order chi connectivity index (χ0) is 14.8. The number of hydrogen-bond donors (Lipinski definition) is 0. The van der Waals surface area contributed by atoms with Crippen molar-refractivity contribution in [3.8, 4) is 0 Å². The van der Waals surface area contributed by atoms with E-state index in [2.05, 4.69) is 5.10 Å². The van der Waals surface area contributed by atoms with Crippen molar-refractivity contribution in [3.05, 3.63) is 70.5 Å². The fourth-order valence-electron chi connectivity index (χ4n) is 2.24. The maximum Gasteiger partial charge on any atom is 0.245 e. The molecule has 1 heterocycles. The van der Waals surface area contributed by atoms with E-state index in [-0.39, 0.29) is 22.5 Å². The van der Waals surface area contributed by atoms with Gasteiger partial charge in [-0.15, -0.1) is 0 Å². The second kappa shape index (κ2) is 5.66. The van der Waals surface area contributed by atoms with Crippen molar-refractivity contribution >= 4 is 23.7 Å². The van der Waals surface area contributed by atoms with Gasteiger partial charge in [0.05, 0.1) is 23.7 Å². The number of β-lactam (4-membered cyclic amide) rings is 1. The maximum atomic E-state index is 13.7. The molecule has 0 radical (unpaired) electrons. The molecule has 1 amide bonds. The van der Waals surface area contributed by atoms with Gasteiger partial charge in [-0.05, 0) is 17.7 Å². The van der Waals surface area contributed by atoms with Crippen LogP contribution in [0.3, 0.4) is 0 Å². The quantitative estimate of drug-likeness (QED) is 0.627. The van der Waals surface area contributed by atoms with Gasteiger partial charge in [0, 0.05) is 5.56 Å². The van der Waals surface area contributed by atoms with Crippen molar-refractivity contribution in [2.75, 3.05) is 0 Å². The van der Waals surface area contributed by atoms with Crippen molar-refractivity contribution in [2.45, 2.75) is 12.5 Å². The average Bonchev–Trinajstić information content (AvgIpc) is 2.48. The minimum absolute atomic E-state index is 0.0902. The van der Waals surface area contributed by atoms with Gasteiger partial charge in [-0.25, -0.2) is 9.40 Å². The summed E-state index contributed by atoms with van der Waals surface area (Å²) in [6.45, 7) is 0. The normalized spacial score (nSPS) is 18.1. The number of carbonyl (C=O) groups excluding carboxylic acids is 1. The number of amides is 1. The van der Waals surface area contributed by atoms with Crippen molar-refractivity contribution in [1.29, 1.82) is 0 Å². The van der Waals surface area contributed by atoms with E-state index in [1.165, 1.54) is 23.4 Å². The predicted molar refractivity (Wildman–Crippen MR) is 79.7 cm³/mol. The first-order valence-electron chi connectivity index (χ1n) is 6.52.